The molecule has 2 aromatic carbocycles. The highest BCUT2D eigenvalue weighted by molar-refractivity contribution is 5.47. The molecule has 0 fully saturated rings. The molecule has 0 bridgehead atoms. The van der Waals surface area contributed by atoms with Crippen molar-refractivity contribution in [1.82, 2.24) is 0 Å². The zero-order valence-electron chi connectivity index (χ0n) is 10.4. The van der Waals surface area contributed by atoms with E-state index in [0.717, 1.165) is 0 Å². The molecule has 4 heteroatoms. The molecular formula is C15H12F2N2. The van der Waals surface area contributed by atoms with Crippen molar-refractivity contribution in [3.63, 3.8) is 0 Å². The summed E-state index contributed by atoms with van der Waals surface area (Å²) in [7, 11) is 1.74. The molecule has 0 saturated carbocycles. The second-order valence-corrected chi connectivity index (χ2v) is 4.25. The average molecular weight is 258 g/mol. The van der Waals surface area contributed by atoms with Crippen molar-refractivity contribution in [1.29, 1.82) is 5.26 Å². The van der Waals surface area contributed by atoms with E-state index >= 15 is 0 Å². The Balaban J connectivity index is 2.24. The Morgan fingerprint density at radius 1 is 1.16 bits per heavy atom. The number of halogens is 2. The van der Waals surface area contributed by atoms with Gasteiger partial charge in [0, 0.05) is 24.8 Å². The normalized spacial score (nSPS) is 10.0. The van der Waals surface area contributed by atoms with Crippen molar-refractivity contribution < 1.29 is 8.78 Å². The Hall–Kier alpha value is -2.41. The first-order valence-corrected chi connectivity index (χ1v) is 5.75. The van der Waals surface area contributed by atoms with Crippen molar-refractivity contribution in [3.8, 4) is 6.07 Å². The molecule has 0 aliphatic carbocycles. The number of anilines is 1. The van der Waals surface area contributed by atoms with E-state index in [9.17, 15) is 8.78 Å². The lowest BCUT2D eigenvalue weighted by Gasteiger charge is -2.19. The zero-order valence-corrected chi connectivity index (χ0v) is 10.4. The van der Waals surface area contributed by atoms with Crippen molar-refractivity contribution >= 4 is 5.69 Å². The number of nitrogens with zero attached hydrogens (tertiary/aromatic N) is 2. The number of hydrogen-bond donors (Lipinski definition) is 0. The first-order valence-electron chi connectivity index (χ1n) is 5.75. The highest BCUT2D eigenvalue weighted by Gasteiger charge is 2.08. The number of rotatable bonds is 3. The summed E-state index contributed by atoms with van der Waals surface area (Å²) in [5, 5.41) is 8.80. The van der Waals surface area contributed by atoms with Crippen LogP contribution in [0, 0.1) is 23.0 Å². The van der Waals surface area contributed by atoms with Crippen LogP contribution in [0.4, 0.5) is 14.5 Å². The molecule has 0 radical (unpaired) electrons. The monoisotopic (exact) mass is 258 g/mol. The van der Waals surface area contributed by atoms with Gasteiger partial charge in [0.05, 0.1) is 11.6 Å². The van der Waals surface area contributed by atoms with Crippen LogP contribution >= 0.6 is 0 Å². The van der Waals surface area contributed by atoms with Gasteiger partial charge in [0.25, 0.3) is 0 Å². The maximum atomic E-state index is 13.7. The molecule has 0 heterocycles. The SMILES string of the molecule is CN(Cc1cc(C#N)ccc1F)c1cccc(F)c1. The molecular weight excluding hydrogens is 246 g/mol. The van der Waals surface area contributed by atoms with Gasteiger partial charge in [-0.1, -0.05) is 6.07 Å². The Morgan fingerprint density at radius 2 is 1.95 bits per heavy atom. The van der Waals surface area contributed by atoms with E-state index in [1.165, 1.54) is 30.3 Å². The lowest BCUT2D eigenvalue weighted by Crippen LogP contribution is -2.17. The van der Waals surface area contributed by atoms with Gasteiger partial charge >= 0.3 is 0 Å². The molecule has 0 atom stereocenters. The van der Waals surface area contributed by atoms with Crippen LogP contribution in [0.15, 0.2) is 42.5 Å². The Bertz CT molecular complexity index is 632. The number of hydrogen-bond acceptors (Lipinski definition) is 2. The molecule has 0 unspecified atom stereocenters. The maximum Gasteiger partial charge on any atom is 0.128 e. The predicted molar refractivity (Wildman–Crippen MR) is 69.6 cm³/mol. The molecule has 2 rings (SSSR count). The molecule has 96 valence electrons. The fraction of sp³-hybridized carbons (Fsp3) is 0.133. The Labute approximate surface area is 110 Å². The quantitative estimate of drug-likeness (QED) is 0.842. The van der Waals surface area contributed by atoms with Crippen LogP contribution in [0.5, 0.6) is 0 Å². The molecule has 0 N–H and O–H groups in total. The second kappa shape index (κ2) is 5.49. The molecule has 2 aromatic rings. The summed E-state index contributed by atoms with van der Waals surface area (Å²) >= 11 is 0. The van der Waals surface area contributed by atoms with Crippen LogP contribution in [-0.2, 0) is 6.54 Å². The topological polar surface area (TPSA) is 27.0 Å². The predicted octanol–water partition coefficient (Wildman–Crippen LogP) is 3.47. The molecule has 0 aliphatic rings. The lowest BCUT2D eigenvalue weighted by molar-refractivity contribution is 0.607. The third kappa shape index (κ3) is 3.08. The highest BCUT2D eigenvalue weighted by Crippen LogP contribution is 2.18. The summed E-state index contributed by atoms with van der Waals surface area (Å²) < 4.78 is 26.8. The third-order valence-corrected chi connectivity index (χ3v) is 2.83. The van der Waals surface area contributed by atoms with Gasteiger partial charge in [-0.3, -0.25) is 0 Å². The number of benzene rings is 2. The summed E-state index contributed by atoms with van der Waals surface area (Å²) in [6.45, 7) is 0.269. The van der Waals surface area contributed by atoms with E-state index in [-0.39, 0.29) is 18.2 Å². The van der Waals surface area contributed by atoms with Crippen LogP contribution in [-0.4, -0.2) is 7.05 Å². The van der Waals surface area contributed by atoms with E-state index in [2.05, 4.69) is 0 Å². The van der Waals surface area contributed by atoms with Gasteiger partial charge < -0.3 is 4.90 Å². The van der Waals surface area contributed by atoms with Gasteiger partial charge in [-0.2, -0.15) is 5.26 Å². The molecule has 0 aromatic heterocycles. The van der Waals surface area contributed by atoms with Crippen LogP contribution in [0.2, 0.25) is 0 Å². The first kappa shape index (κ1) is 13.0. The largest absolute Gasteiger partial charge is 0.370 e. The van der Waals surface area contributed by atoms with Crippen LogP contribution in [0.1, 0.15) is 11.1 Å². The summed E-state index contributed by atoms with van der Waals surface area (Å²) in [6, 6.07) is 12.3. The number of nitriles is 1. The highest BCUT2D eigenvalue weighted by atomic mass is 19.1. The third-order valence-electron chi connectivity index (χ3n) is 2.83. The standard InChI is InChI=1S/C15H12F2N2/c1-19(14-4-2-3-13(16)8-14)10-12-7-11(9-18)5-6-15(12)17/h2-8H,10H2,1H3. The fourth-order valence-corrected chi connectivity index (χ4v) is 1.83. The maximum absolute atomic E-state index is 13.7. The second-order valence-electron chi connectivity index (χ2n) is 4.25. The van der Waals surface area contributed by atoms with E-state index < -0.39 is 0 Å². The van der Waals surface area contributed by atoms with E-state index in [4.69, 9.17) is 5.26 Å². The Morgan fingerprint density at radius 3 is 2.63 bits per heavy atom. The molecule has 0 amide bonds. The lowest BCUT2D eigenvalue weighted by atomic mass is 10.1. The molecule has 0 spiro atoms. The summed E-state index contributed by atoms with van der Waals surface area (Å²) in [5.74, 6) is -0.710. The van der Waals surface area contributed by atoms with Crippen LogP contribution in [0.3, 0.4) is 0 Å². The smallest absolute Gasteiger partial charge is 0.128 e. The molecule has 0 saturated heterocycles. The van der Waals surface area contributed by atoms with Gasteiger partial charge in [-0.15, -0.1) is 0 Å². The van der Waals surface area contributed by atoms with Gasteiger partial charge in [0.1, 0.15) is 11.6 Å². The fourth-order valence-electron chi connectivity index (χ4n) is 1.83. The molecule has 0 aliphatic heterocycles. The van der Waals surface area contributed by atoms with E-state index in [0.29, 0.717) is 16.8 Å². The first-order chi connectivity index (χ1) is 9.10. The minimum Gasteiger partial charge on any atom is -0.370 e. The summed E-state index contributed by atoms with van der Waals surface area (Å²) in [5.41, 5.74) is 1.47. The summed E-state index contributed by atoms with van der Waals surface area (Å²) in [4.78, 5) is 1.72. The molecule has 2 nitrogen and oxygen atoms in total. The van der Waals surface area contributed by atoms with Crippen molar-refractivity contribution in [3.05, 3.63) is 65.2 Å². The molecule has 19 heavy (non-hydrogen) atoms. The van der Waals surface area contributed by atoms with Gasteiger partial charge in [-0.25, -0.2) is 8.78 Å². The van der Waals surface area contributed by atoms with Crippen LogP contribution < -0.4 is 4.90 Å². The van der Waals surface area contributed by atoms with Crippen molar-refractivity contribution in [2.24, 2.45) is 0 Å². The minimum absolute atomic E-state index is 0.269. The van der Waals surface area contributed by atoms with Gasteiger partial charge in [-0.05, 0) is 36.4 Å². The summed E-state index contributed by atoms with van der Waals surface area (Å²) in [6.07, 6.45) is 0. The minimum atomic E-state index is -0.373. The van der Waals surface area contributed by atoms with E-state index in [1.54, 1.807) is 24.1 Å². The Kier molecular flexibility index (Phi) is 3.76. The van der Waals surface area contributed by atoms with E-state index in [1.807, 2.05) is 6.07 Å². The van der Waals surface area contributed by atoms with Gasteiger partial charge in [0.15, 0.2) is 0 Å². The van der Waals surface area contributed by atoms with Crippen molar-refractivity contribution in [2.75, 3.05) is 11.9 Å². The van der Waals surface area contributed by atoms with Gasteiger partial charge in [0.2, 0.25) is 0 Å². The average Bonchev–Trinajstić information content (AvgIpc) is 2.41. The zero-order chi connectivity index (χ0) is 13.8. The van der Waals surface area contributed by atoms with Crippen LogP contribution in [0.25, 0.3) is 0 Å². The van der Waals surface area contributed by atoms with Crippen molar-refractivity contribution in [2.45, 2.75) is 6.54 Å².